The summed E-state index contributed by atoms with van der Waals surface area (Å²) in [5, 5.41) is 17.0. The zero-order valence-electron chi connectivity index (χ0n) is 5.50. The van der Waals surface area contributed by atoms with Crippen molar-refractivity contribution < 1.29 is 19.8 Å². The first-order valence-electron chi connectivity index (χ1n) is 2.74. The molecule has 0 atom stereocenters. The number of rotatable bonds is 3. The van der Waals surface area contributed by atoms with Crippen LogP contribution in [-0.4, -0.2) is 22.5 Å². The van der Waals surface area contributed by atoms with E-state index in [2.05, 4.69) is 0 Å². The van der Waals surface area contributed by atoms with Crippen LogP contribution in [0.1, 0.15) is 13.3 Å². The standard InChI is InChI=1S/C6H8O4/c1-2-5(8)4(3-7)6(9)10/h3,8H,2H2,1H3,(H,9,10). The molecule has 56 valence electrons. The third-order valence-electron chi connectivity index (χ3n) is 0.994. The van der Waals surface area contributed by atoms with Gasteiger partial charge in [0.05, 0.1) is 0 Å². The molecule has 0 aliphatic carbocycles. The van der Waals surface area contributed by atoms with Gasteiger partial charge in [-0.05, 0) is 0 Å². The molecule has 0 aromatic heterocycles. The van der Waals surface area contributed by atoms with Crippen molar-refractivity contribution >= 4 is 12.3 Å². The molecule has 0 saturated heterocycles. The lowest BCUT2D eigenvalue weighted by atomic mass is 10.2. The number of aliphatic hydroxyl groups excluding tert-OH is 1. The molecule has 0 aliphatic rings. The first kappa shape index (κ1) is 8.68. The highest BCUT2D eigenvalue weighted by Crippen LogP contribution is 2.01. The van der Waals surface area contributed by atoms with Crippen LogP contribution in [-0.2, 0) is 9.59 Å². The van der Waals surface area contributed by atoms with Crippen molar-refractivity contribution in [2.45, 2.75) is 13.3 Å². The predicted octanol–water partition coefficient (Wildman–Crippen LogP) is 0.492. The number of carboxylic acid groups (broad SMARTS) is 1. The summed E-state index contributed by atoms with van der Waals surface area (Å²) >= 11 is 0. The molecule has 0 aromatic carbocycles. The summed E-state index contributed by atoms with van der Waals surface area (Å²) in [6.45, 7) is 1.56. The van der Waals surface area contributed by atoms with Gasteiger partial charge in [0.2, 0.25) is 0 Å². The Hall–Kier alpha value is -1.32. The van der Waals surface area contributed by atoms with E-state index in [-0.39, 0.29) is 18.5 Å². The SMILES string of the molecule is CCC(O)=C(C=O)C(=O)O. The van der Waals surface area contributed by atoms with Gasteiger partial charge in [-0.1, -0.05) is 6.92 Å². The Kier molecular flexibility index (Phi) is 3.17. The van der Waals surface area contributed by atoms with Crippen molar-refractivity contribution in [2.75, 3.05) is 0 Å². The average molecular weight is 144 g/mol. The van der Waals surface area contributed by atoms with E-state index in [1.54, 1.807) is 6.92 Å². The number of carbonyl (C=O) groups is 2. The van der Waals surface area contributed by atoms with Crippen LogP contribution >= 0.6 is 0 Å². The lowest BCUT2D eigenvalue weighted by Crippen LogP contribution is -2.05. The zero-order valence-corrected chi connectivity index (χ0v) is 5.50. The number of aliphatic carboxylic acids is 1. The highest BCUT2D eigenvalue weighted by Gasteiger charge is 2.10. The van der Waals surface area contributed by atoms with Crippen LogP contribution in [0.3, 0.4) is 0 Å². The Balaban J connectivity index is 4.62. The molecule has 0 radical (unpaired) electrons. The maximum atomic E-state index is 10.1. The lowest BCUT2D eigenvalue weighted by molar-refractivity contribution is -0.133. The molecule has 0 aromatic rings. The molecular weight excluding hydrogens is 136 g/mol. The number of allylic oxidation sites excluding steroid dienone is 1. The second kappa shape index (κ2) is 3.66. The minimum atomic E-state index is -1.39. The number of hydrogen-bond acceptors (Lipinski definition) is 3. The van der Waals surface area contributed by atoms with Crippen LogP contribution in [0.4, 0.5) is 0 Å². The van der Waals surface area contributed by atoms with Gasteiger partial charge < -0.3 is 10.2 Å². The van der Waals surface area contributed by atoms with E-state index in [0.717, 1.165) is 0 Å². The van der Waals surface area contributed by atoms with Crippen molar-refractivity contribution in [1.82, 2.24) is 0 Å². The number of carbonyl (C=O) groups excluding carboxylic acids is 1. The molecule has 2 N–H and O–H groups in total. The molecule has 0 fully saturated rings. The predicted molar refractivity (Wildman–Crippen MR) is 33.6 cm³/mol. The van der Waals surface area contributed by atoms with Crippen LogP contribution in [0, 0.1) is 0 Å². The summed E-state index contributed by atoms with van der Waals surface area (Å²) in [5.41, 5.74) is -0.567. The van der Waals surface area contributed by atoms with Crippen molar-refractivity contribution in [1.29, 1.82) is 0 Å². The maximum absolute atomic E-state index is 10.1. The fraction of sp³-hybridized carbons (Fsp3) is 0.333. The molecule has 0 bridgehead atoms. The van der Waals surface area contributed by atoms with E-state index >= 15 is 0 Å². The zero-order chi connectivity index (χ0) is 8.15. The van der Waals surface area contributed by atoms with Crippen LogP contribution in [0.25, 0.3) is 0 Å². The Morgan fingerprint density at radius 1 is 1.50 bits per heavy atom. The number of hydrogen-bond donors (Lipinski definition) is 2. The third-order valence-corrected chi connectivity index (χ3v) is 0.994. The van der Waals surface area contributed by atoms with Crippen molar-refractivity contribution in [3.05, 3.63) is 11.3 Å². The number of aldehydes is 1. The second-order valence-corrected chi connectivity index (χ2v) is 1.64. The molecule has 0 saturated carbocycles. The molecular formula is C6H8O4. The Morgan fingerprint density at radius 3 is 2.10 bits per heavy atom. The quantitative estimate of drug-likeness (QED) is 0.199. The van der Waals surface area contributed by atoms with Gasteiger partial charge in [0.1, 0.15) is 11.3 Å². The topological polar surface area (TPSA) is 74.6 Å². The van der Waals surface area contributed by atoms with Crippen molar-refractivity contribution in [3.8, 4) is 0 Å². The lowest BCUT2D eigenvalue weighted by Gasteiger charge is -1.94. The van der Waals surface area contributed by atoms with Gasteiger partial charge in [0.25, 0.3) is 0 Å². The fourth-order valence-corrected chi connectivity index (χ4v) is 0.432. The summed E-state index contributed by atoms with van der Waals surface area (Å²) in [6.07, 6.45) is 0.279. The molecule has 10 heavy (non-hydrogen) atoms. The first-order chi connectivity index (χ1) is 4.63. The average Bonchev–Trinajstić information content (AvgIpc) is 1.88. The van der Waals surface area contributed by atoms with Crippen molar-refractivity contribution in [2.24, 2.45) is 0 Å². The van der Waals surface area contributed by atoms with E-state index in [9.17, 15) is 9.59 Å². The van der Waals surface area contributed by atoms with Crippen LogP contribution in [0.5, 0.6) is 0 Å². The van der Waals surface area contributed by atoms with Crippen LogP contribution in [0.2, 0.25) is 0 Å². The Morgan fingerprint density at radius 2 is 2.00 bits per heavy atom. The molecule has 0 aliphatic heterocycles. The Bertz CT molecular complexity index is 180. The molecule has 0 spiro atoms. The van der Waals surface area contributed by atoms with E-state index in [4.69, 9.17) is 10.2 Å². The smallest absolute Gasteiger partial charge is 0.342 e. The largest absolute Gasteiger partial charge is 0.511 e. The summed E-state index contributed by atoms with van der Waals surface area (Å²) < 4.78 is 0. The Labute approximate surface area is 57.8 Å². The van der Waals surface area contributed by atoms with Gasteiger partial charge in [-0.15, -0.1) is 0 Å². The maximum Gasteiger partial charge on any atom is 0.342 e. The van der Waals surface area contributed by atoms with E-state index in [1.165, 1.54) is 0 Å². The van der Waals surface area contributed by atoms with Gasteiger partial charge in [0.15, 0.2) is 6.29 Å². The van der Waals surface area contributed by atoms with Gasteiger partial charge in [-0.3, -0.25) is 4.79 Å². The monoisotopic (exact) mass is 144 g/mol. The molecule has 0 amide bonds. The summed E-state index contributed by atoms with van der Waals surface area (Å²) in [7, 11) is 0. The molecule has 0 heterocycles. The highest BCUT2D eigenvalue weighted by atomic mass is 16.4. The third kappa shape index (κ3) is 1.89. The van der Waals surface area contributed by atoms with Gasteiger partial charge in [0, 0.05) is 6.42 Å². The van der Waals surface area contributed by atoms with Gasteiger partial charge in [-0.25, -0.2) is 4.79 Å². The van der Waals surface area contributed by atoms with E-state index in [1.807, 2.05) is 0 Å². The molecule has 0 rings (SSSR count). The molecule has 4 nitrogen and oxygen atoms in total. The second-order valence-electron chi connectivity index (χ2n) is 1.64. The minimum absolute atomic E-state index is 0.126. The first-order valence-corrected chi connectivity index (χ1v) is 2.74. The van der Waals surface area contributed by atoms with E-state index in [0.29, 0.717) is 0 Å². The van der Waals surface area contributed by atoms with Gasteiger partial charge >= 0.3 is 5.97 Å². The summed E-state index contributed by atoms with van der Waals surface area (Å²) in [6, 6.07) is 0. The molecule has 4 heteroatoms. The van der Waals surface area contributed by atoms with Crippen LogP contribution in [0.15, 0.2) is 11.3 Å². The summed E-state index contributed by atoms with van der Waals surface area (Å²) in [5.74, 6) is -1.78. The number of carboxylic acids is 1. The highest BCUT2D eigenvalue weighted by molar-refractivity contribution is 6.06. The fourth-order valence-electron chi connectivity index (χ4n) is 0.432. The van der Waals surface area contributed by atoms with Gasteiger partial charge in [-0.2, -0.15) is 0 Å². The van der Waals surface area contributed by atoms with Crippen LogP contribution < -0.4 is 0 Å². The molecule has 0 unspecified atom stereocenters. The normalized spacial score (nSPS) is 12.1. The van der Waals surface area contributed by atoms with Crippen molar-refractivity contribution in [3.63, 3.8) is 0 Å². The minimum Gasteiger partial charge on any atom is -0.511 e. The number of aliphatic hydroxyl groups is 1. The summed E-state index contributed by atoms with van der Waals surface area (Å²) in [4.78, 5) is 20.0. The van der Waals surface area contributed by atoms with E-state index < -0.39 is 11.5 Å².